The van der Waals surface area contributed by atoms with Crippen LogP contribution in [-0.2, 0) is 11.2 Å². The monoisotopic (exact) mass is 353 g/mol. The molecule has 2 aromatic carbocycles. The molecule has 3 N–H and O–H groups in total. The summed E-state index contributed by atoms with van der Waals surface area (Å²) in [6.45, 7) is 3.84. The first kappa shape index (κ1) is 17.0. The molecule has 0 amide bonds. The van der Waals surface area contributed by atoms with Crippen LogP contribution in [0.4, 0.5) is 5.69 Å². The molecule has 5 nitrogen and oxygen atoms in total. The van der Waals surface area contributed by atoms with Gasteiger partial charge in [-0.3, -0.25) is 5.43 Å². The molecule has 0 saturated heterocycles. The fourth-order valence-electron chi connectivity index (χ4n) is 2.55. The van der Waals surface area contributed by atoms with Gasteiger partial charge in [0.2, 0.25) is 0 Å². The maximum Gasteiger partial charge on any atom is 0.343 e. The van der Waals surface area contributed by atoms with Crippen molar-refractivity contribution in [1.82, 2.24) is 10.9 Å². The van der Waals surface area contributed by atoms with Crippen LogP contribution in [0.2, 0.25) is 0 Å². The van der Waals surface area contributed by atoms with E-state index >= 15 is 0 Å². The van der Waals surface area contributed by atoms with E-state index in [1.807, 2.05) is 56.3 Å². The highest BCUT2D eigenvalue weighted by atomic mass is 32.1. The average molecular weight is 353 g/mol. The number of ether oxygens (including phenoxy) is 1. The smallest absolute Gasteiger partial charge is 0.343 e. The van der Waals surface area contributed by atoms with Gasteiger partial charge < -0.3 is 15.5 Å². The Hall–Kier alpha value is -2.86. The fraction of sp³-hybridized carbons (Fsp3) is 0.158. The topological polar surface area (TPSA) is 62.4 Å². The molecule has 128 valence electrons. The lowest BCUT2D eigenvalue weighted by Crippen LogP contribution is -2.40. The van der Waals surface area contributed by atoms with Crippen LogP contribution in [0, 0.1) is 6.92 Å². The molecular weight excluding hydrogens is 334 g/mol. The lowest BCUT2D eigenvalue weighted by molar-refractivity contribution is 0.0592. The Kier molecular flexibility index (Phi) is 5.00. The molecule has 0 radical (unpaired) electrons. The lowest BCUT2D eigenvalue weighted by Gasteiger charge is -2.21. The first-order valence-electron chi connectivity index (χ1n) is 7.93. The Morgan fingerprint density at radius 3 is 2.60 bits per heavy atom. The molecule has 0 unspecified atom stereocenters. The normalized spacial score (nSPS) is 14.9. The third-order valence-corrected chi connectivity index (χ3v) is 4.18. The molecule has 2 aromatic rings. The Labute approximate surface area is 152 Å². The lowest BCUT2D eigenvalue weighted by atomic mass is 10.0. The summed E-state index contributed by atoms with van der Waals surface area (Å²) in [5, 5.41) is 3.55. The number of thiocarbonyl (C=S) groups is 1. The number of anilines is 1. The standard InChI is InChI=1S/C19H19N3O2S/c1-12-7-3-6-10-16(12)20-19(25)22-21-13(2)17-11-14-8-4-5-9-15(14)18(23)24-17/h3-10,21H,11H2,1-2H3,(H2,20,22,25)/b17-13-. The van der Waals surface area contributed by atoms with Crippen LogP contribution in [0.25, 0.3) is 0 Å². The maximum absolute atomic E-state index is 12.1. The zero-order valence-electron chi connectivity index (χ0n) is 14.1. The van der Waals surface area contributed by atoms with Crippen molar-refractivity contribution in [2.75, 3.05) is 5.32 Å². The van der Waals surface area contributed by atoms with Gasteiger partial charge in [-0.1, -0.05) is 36.4 Å². The number of nitrogens with one attached hydrogen (secondary N) is 3. The van der Waals surface area contributed by atoms with Gasteiger partial charge in [0.25, 0.3) is 0 Å². The predicted octanol–water partition coefficient (Wildman–Crippen LogP) is 3.43. The summed E-state index contributed by atoms with van der Waals surface area (Å²) in [6.07, 6.45) is 0.556. The molecule has 1 aliphatic heterocycles. The first-order chi connectivity index (χ1) is 12.0. The van der Waals surface area contributed by atoms with Gasteiger partial charge in [0.05, 0.1) is 11.3 Å². The van der Waals surface area contributed by atoms with Crippen LogP contribution in [0.3, 0.4) is 0 Å². The molecule has 0 saturated carbocycles. The van der Waals surface area contributed by atoms with Crippen LogP contribution in [-0.4, -0.2) is 11.1 Å². The van der Waals surface area contributed by atoms with Crippen LogP contribution < -0.4 is 16.2 Å². The van der Waals surface area contributed by atoms with Gasteiger partial charge in [-0.25, -0.2) is 4.79 Å². The van der Waals surface area contributed by atoms with Gasteiger partial charge in [-0.2, -0.15) is 0 Å². The van der Waals surface area contributed by atoms with Crippen molar-refractivity contribution >= 4 is 29.0 Å². The van der Waals surface area contributed by atoms with E-state index in [1.54, 1.807) is 6.07 Å². The summed E-state index contributed by atoms with van der Waals surface area (Å²) >= 11 is 5.29. The van der Waals surface area contributed by atoms with E-state index in [4.69, 9.17) is 17.0 Å². The minimum atomic E-state index is -0.335. The van der Waals surface area contributed by atoms with Crippen LogP contribution in [0.15, 0.2) is 60.0 Å². The molecule has 1 heterocycles. The summed E-state index contributed by atoms with van der Waals surface area (Å²) in [5.41, 5.74) is 10.2. The number of hydrogen-bond donors (Lipinski definition) is 3. The second kappa shape index (κ2) is 7.36. The number of hydrazine groups is 1. The number of carbonyl (C=O) groups excluding carboxylic acids is 1. The van der Waals surface area contributed by atoms with E-state index in [9.17, 15) is 4.79 Å². The van der Waals surface area contributed by atoms with Gasteiger partial charge >= 0.3 is 5.97 Å². The van der Waals surface area contributed by atoms with Crippen molar-refractivity contribution in [1.29, 1.82) is 0 Å². The minimum absolute atomic E-state index is 0.335. The molecule has 0 bridgehead atoms. The van der Waals surface area contributed by atoms with Gasteiger partial charge in [-0.15, -0.1) is 0 Å². The van der Waals surface area contributed by atoms with E-state index < -0.39 is 0 Å². The summed E-state index contributed by atoms with van der Waals surface area (Å²) in [4.78, 5) is 12.1. The van der Waals surface area contributed by atoms with Gasteiger partial charge in [-0.05, 0) is 49.3 Å². The number of fused-ring (bicyclic) bond motifs is 1. The predicted molar refractivity (Wildman–Crippen MR) is 102 cm³/mol. The number of allylic oxidation sites excluding steroid dienone is 2. The van der Waals surface area contributed by atoms with Crippen molar-refractivity contribution in [2.24, 2.45) is 0 Å². The van der Waals surface area contributed by atoms with Crippen molar-refractivity contribution in [3.05, 3.63) is 76.7 Å². The highest BCUT2D eigenvalue weighted by Gasteiger charge is 2.23. The number of carbonyl (C=O) groups is 1. The highest BCUT2D eigenvalue weighted by molar-refractivity contribution is 7.80. The van der Waals surface area contributed by atoms with Crippen molar-refractivity contribution in [2.45, 2.75) is 20.3 Å². The largest absolute Gasteiger partial charge is 0.425 e. The zero-order chi connectivity index (χ0) is 17.8. The van der Waals surface area contributed by atoms with Gasteiger partial charge in [0, 0.05) is 12.1 Å². The molecular formula is C19H19N3O2S. The Morgan fingerprint density at radius 1 is 1.08 bits per heavy atom. The quantitative estimate of drug-likeness (QED) is 0.446. The number of cyclic esters (lactones) is 1. The number of rotatable bonds is 3. The molecule has 0 aliphatic carbocycles. The third kappa shape index (κ3) is 3.97. The van der Waals surface area contributed by atoms with Crippen molar-refractivity contribution in [3.8, 4) is 0 Å². The average Bonchev–Trinajstić information content (AvgIpc) is 2.61. The molecule has 0 aromatic heterocycles. The van der Waals surface area contributed by atoms with Gasteiger partial charge in [0.15, 0.2) is 5.11 Å². The van der Waals surface area contributed by atoms with Crippen LogP contribution in [0.1, 0.15) is 28.4 Å². The molecule has 0 fully saturated rings. The molecule has 6 heteroatoms. The first-order valence-corrected chi connectivity index (χ1v) is 8.34. The van der Waals surface area contributed by atoms with Crippen LogP contribution >= 0.6 is 12.2 Å². The maximum atomic E-state index is 12.1. The Bertz CT molecular complexity index is 861. The minimum Gasteiger partial charge on any atom is -0.425 e. The fourth-order valence-corrected chi connectivity index (χ4v) is 2.71. The van der Waals surface area contributed by atoms with E-state index in [2.05, 4.69) is 16.2 Å². The van der Waals surface area contributed by atoms with E-state index in [1.165, 1.54) is 0 Å². The SMILES string of the molecule is C/C(NNC(=S)Nc1ccccc1C)=C1\Cc2ccccc2C(=O)O1. The third-order valence-electron chi connectivity index (χ3n) is 3.98. The van der Waals surface area contributed by atoms with Crippen LogP contribution in [0.5, 0.6) is 0 Å². The molecule has 0 atom stereocenters. The van der Waals surface area contributed by atoms with E-state index in [0.29, 0.717) is 28.6 Å². The second-order valence-corrected chi connectivity index (χ2v) is 6.20. The van der Waals surface area contributed by atoms with Gasteiger partial charge in [0.1, 0.15) is 5.76 Å². The second-order valence-electron chi connectivity index (χ2n) is 5.79. The zero-order valence-corrected chi connectivity index (χ0v) is 14.9. The Balaban J connectivity index is 1.63. The molecule has 0 spiro atoms. The number of aryl methyl sites for hydroxylation is 1. The van der Waals surface area contributed by atoms with E-state index in [-0.39, 0.29) is 5.97 Å². The summed E-state index contributed by atoms with van der Waals surface area (Å²) in [7, 11) is 0. The molecule has 1 aliphatic rings. The summed E-state index contributed by atoms with van der Waals surface area (Å²) < 4.78 is 5.42. The summed E-state index contributed by atoms with van der Waals surface area (Å²) in [6, 6.07) is 15.3. The number of para-hydroxylation sites is 1. The highest BCUT2D eigenvalue weighted by Crippen LogP contribution is 2.23. The summed E-state index contributed by atoms with van der Waals surface area (Å²) in [5.74, 6) is 0.244. The Morgan fingerprint density at radius 2 is 1.80 bits per heavy atom. The van der Waals surface area contributed by atoms with Crippen molar-refractivity contribution in [3.63, 3.8) is 0 Å². The molecule has 25 heavy (non-hydrogen) atoms. The number of benzene rings is 2. The van der Waals surface area contributed by atoms with Crippen molar-refractivity contribution < 1.29 is 9.53 Å². The molecule has 3 rings (SSSR count). The number of esters is 1. The van der Waals surface area contributed by atoms with E-state index in [0.717, 1.165) is 16.8 Å². The number of hydrogen-bond acceptors (Lipinski definition) is 4.